The molecule has 0 aliphatic carbocycles. The first-order chi connectivity index (χ1) is 12.1. The van der Waals surface area contributed by atoms with Crippen LogP contribution in [0.2, 0.25) is 5.02 Å². The molecule has 0 radical (unpaired) electrons. The molecule has 2 aromatic carbocycles. The second-order valence-electron chi connectivity index (χ2n) is 5.30. The number of hydrogen-bond acceptors (Lipinski definition) is 4. The van der Waals surface area contributed by atoms with Gasteiger partial charge < -0.3 is 9.47 Å². The van der Waals surface area contributed by atoms with Crippen LogP contribution in [-0.4, -0.2) is 29.4 Å². The molecular weight excluding hydrogens is 408 g/mol. The Morgan fingerprint density at radius 1 is 1.12 bits per heavy atom. The molecule has 0 fully saturated rings. The lowest BCUT2D eigenvalue weighted by atomic mass is 10.2. The first-order valence-electron chi connectivity index (χ1n) is 7.75. The van der Waals surface area contributed by atoms with Crippen molar-refractivity contribution >= 4 is 38.4 Å². The standard InChI is InChI=1S/C18H16BrClN2O3/c19-15-11-13(20)5-6-17(15)25-10-9-24-8-7-22-12-21-16-4-2-1-3-14(16)18(22)23/h1-6,11-12H,7-10H2. The molecule has 0 atom stereocenters. The number of halogens is 2. The first kappa shape index (κ1) is 17.9. The molecule has 0 saturated carbocycles. The third-order valence-corrected chi connectivity index (χ3v) is 4.44. The Labute approximate surface area is 158 Å². The molecule has 3 rings (SSSR count). The molecule has 25 heavy (non-hydrogen) atoms. The van der Waals surface area contributed by atoms with E-state index in [1.165, 1.54) is 0 Å². The number of nitrogens with zero attached hydrogens (tertiary/aromatic N) is 2. The van der Waals surface area contributed by atoms with Gasteiger partial charge in [0.15, 0.2) is 0 Å². The van der Waals surface area contributed by atoms with Gasteiger partial charge in [-0.05, 0) is 46.3 Å². The number of benzene rings is 2. The van der Waals surface area contributed by atoms with Crippen molar-refractivity contribution in [2.24, 2.45) is 0 Å². The van der Waals surface area contributed by atoms with Crippen molar-refractivity contribution in [3.63, 3.8) is 0 Å². The number of para-hydroxylation sites is 1. The van der Waals surface area contributed by atoms with Crippen LogP contribution >= 0.6 is 27.5 Å². The van der Waals surface area contributed by atoms with Crippen molar-refractivity contribution < 1.29 is 9.47 Å². The van der Waals surface area contributed by atoms with Crippen LogP contribution in [0.5, 0.6) is 5.75 Å². The van der Waals surface area contributed by atoms with E-state index in [4.69, 9.17) is 21.1 Å². The second-order valence-corrected chi connectivity index (χ2v) is 6.59. The Balaban J connectivity index is 1.46. The third kappa shape index (κ3) is 4.60. The first-order valence-corrected chi connectivity index (χ1v) is 8.92. The van der Waals surface area contributed by atoms with E-state index < -0.39 is 0 Å². The highest BCUT2D eigenvalue weighted by Gasteiger charge is 2.04. The minimum Gasteiger partial charge on any atom is -0.490 e. The van der Waals surface area contributed by atoms with Crippen LogP contribution in [0, 0.1) is 0 Å². The largest absolute Gasteiger partial charge is 0.490 e. The molecule has 0 bridgehead atoms. The SMILES string of the molecule is O=c1c2ccccc2ncn1CCOCCOc1ccc(Cl)cc1Br. The quantitative estimate of drug-likeness (QED) is 0.541. The normalized spacial score (nSPS) is 11.0. The molecule has 1 aromatic heterocycles. The number of hydrogen-bond donors (Lipinski definition) is 0. The van der Waals surface area contributed by atoms with Crippen molar-refractivity contribution in [3.8, 4) is 5.75 Å². The van der Waals surface area contributed by atoms with Gasteiger partial charge in [0.25, 0.3) is 5.56 Å². The number of aromatic nitrogens is 2. The molecule has 130 valence electrons. The maximum atomic E-state index is 12.3. The van der Waals surface area contributed by atoms with Crippen LogP contribution in [0.15, 0.2) is 58.1 Å². The molecular formula is C18H16BrClN2O3. The van der Waals surface area contributed by atoms with Gasteiger partial charge in [-0.1, -0.05) is 23.7 Å². The monoisotopic (exact) mass is 422 g/mol. The van der Waals surface area contributed by atoms with E-state index in [-0.39, 0.29) is 5.56 Å². The molecule has 7 heteroatoms. The molecule has 0 N–H and O–H groups in total. The summed E-state index contributed by atoms with van der Waals surface area (Å²) in [5, 5.41) is 1.26. The van der Waals surface area contributed by atoms with Crippen LogP contribution in [0.25, 0.3) is 10.9 Å². The zero-order chi connectivity index (χ0) is 17.6. The topological polar surface area (TPSA) is 53.4 Å². The van der Waals surface area contributed by atoms with Crippen LogP contribution in [0.4, 0.5) is 0 Å². The Kier molecular flexibility index (Phi) is 6.07. The van der Waals surface area contributed by atoms with E-state index in [0.717, 1.165) is 4.47 Å². The molecule has 3 aromatic rings. The fraction of sp³-hybridized carbons (Fsp3) is 0.222. The Morgan fingerprint density at radius 3 is 2.80 bits per heavy atom. The van der Waals surface area contributed by atoms with Crippen molar-refractivity contribution in [1.82, 2.24) is 9.55 Å². The summed E-state index contributed by atoms with van der Waals surface area (Å²) in [7, 11) is 0. The van der Waals surface area contributed by atoms with Crippen LogP contribution in [0.3, 0.4) is 0 Å². The molecule has 0 saturated heterocycles. The maximum Gasteiger partial charge on any atom is 0.261 e. The van der Waals surface area contributed by atoms with E-state index in [1.807, 2.05) is 18.2 Å². The minimum absolute atomic E-state index is 0.0597. The highest BCUT2D eigenvalue weighted by molar-refractivity contribution is 9.10. The summed E-state index contributed by atoms with van der Waals surface area (Å²) in [6, 6.07) is 12.6. The van der Waals surface area contributed by atoms with Gasteiger partial charge in [-0.25, -0.2) is 4.98 Å². The highest BCUT2D eigenvalue weighted by Crippen LogP contribution is 2.27. The fourth-order valence-electron chi connectivity index (χ4n) is 2.33. The Hall–Kier alpha value is -1.89. The highest BCUT2D eigenvalue weighted by atomic mass is 79.9. The number of fused-ring (bicyclic) bond motifs is 1. The number of rotatable bonds is 7. The van der Waals surface area contributed by atoms with Gasteiger partial charge in [-0.2, -0.15) is 0 Å². The molecule has 0 aliphatic heterocycles. The van der Waals surface area contributed by atoms with Crippen LogP contribution in [0.1, 0.15) is 0 Å². The summed E-state index contributed by atoms with van der Waals surface area (Å²) < 4.78 is 13.5. The van der Waals surface area contributed by atoms with Crippen molar-refractivity contribution in [1.29, 1.82) is 0 Å². The molecule has 0 amide bonds. The van der Waals surface area contributed by atoms with Gasteiger partial charge in [0, 0.05) is 5.02 Å². The smallest absolute Gasteiger partial charge is 0.261 e. The van der Waals surface area contributed by atoms with Crippen molar-refractivity contribution in [2.45, 2.75) is 6.54 Å². The van der Waals surface area contributed by atoms with Gasteiger partial charge in [0.1, 0.15) is 12.4 Å². The zero-order valence-electron chi connectivity index (χ0n) is 13.3. The van der Waals surface area contributed by atoms with E-state index in [2.05, 4.69) is 20.9 Å². The Bertz CT molecular complexity index is 930. The van der Waals surface area contributed by atoms with Gasteiger partial charge in [0.2, 0.25) is 0 Å². The predicted octanol–water partition coefficient (Wildman–Crippen LogP) is 3.91. The lowest BCUT2D eigenvalue weighted by Gasteiger charge is -2.10. The summed E-state index contributed by atoms with van der Waals surface area (Å²) in [6.45, 7) is 1.68. The van der Waals surface area contributed by atoms with E-state index >= 15 is 0 Å². The average Bonchev–Trinajstić information content (AvgIpc) is 2.61. The molecule has 0 unspecified atom stereocenters. The lowest BCUT2D eigenvalue weighted by molar-refractivity contribution is 0.0936. The third-order valence-electron chi connectivity index (χ3n) is 3.59. The lowest BCUT2D eigenvalue weighted by Crippen LogP contribution is -2.23. The molecule has 5 nitrogen and oxygen atoms in total. The van der Waals surface area contributed by atoms with Gasteiger partial charge in [0.05, 0.1) is 41.5 Å². The maximum absolute atomic E-state index is 12.3. The average molecular weight is 424 g/mol. The summed E-state index contributed by atoms with van der Waals surface area (Å²) in [6.07, 6.45) is 1.55. The van der Waals surface area contributed by atoms with E-state index in [9.17, 15) is 4.79 Å². The molecule has 0 spiro atoms. The summed E-state index contributed by atoms with van der Waals surface area (Å²) in [5.74, 6) is 0.711. The van der Waals surface area contributed by atoms with Crippen molar-refractivity contribution in [3.05, 3.63) is 68.6 Å². The minimum atomic E-state index is -0.0597. The number of ether oxygens (including phenoxy) is 2. The fourth-order valence-corrected chi connectivity index (χ4v) is 3.13. The Morgan fingerprint density at radius 2 is 1.96 bits per heavy atom. The van der Waals surface area contributed by atoms with Gasteiger partial charge >= 0.3 is 0 Å². The van der Waals surface area contributed by atoms with Crippen molar-refractivity contribution in [2.75, 3.05) is 19.8 Å². The van der Waals surface area contributed by atoms with Gasteiger partial charge in [-0.15, -0.1) is 0 Å². The zero-order valence-corrected chi connectivity index (χ0v) is 15.7. The molecule has 1 heterocycles. The van der Waals surface area contributed by atoms with E-state index in [1.54, 1.807) is 35.2 Å². The second kappa shape index (κ2) is 8.47. The summed E-state index contributed by atoms with van der Waals surface area (Å²) >= 11 is 9.28. The summed E-state index contributed by atoms with van der Waals surface area (Å²) in [5.41, 5.74) is 0.641. The van der Waals surface area contributed by atoms with Crippen LogP contribution < -0.4 is 10.3 Å². The summed E-state index contributed by atoms with van der Waals surface area (Å²) in [4.78, 5) is 16.6. The van der Waals surface area contributed by atoms with E-state index in [0.29, 0.717) is 48.0 Å². The van der Waals surface area contributed by atoms with Crippen LogP contribution in [-0.2, 0) is 11.3 Å². The van der Waals surface area contributed by atoms with Gasteiger partial charge in [-0.3, -0.25) is 9.36 Å². The molecule has 0 aliphatic rings. The predicted molar refractivity (Wildman–Crippen MR) is 101 cm³/mol.